The lowest BCUT2D eigenvalue weighted by Gasteiger charge is -2.10. The van der Waals surface area contributed by atoms with E-state index >= 15 is 0 Å². The molecule has 0 bridgehead atoms. The van der Waals surface area contributed by atoms with Gasteiger partial charge in [0.05, 0.1) is 20.8 Å². The van der Waals surface area contributed by atoms with E-state index in [1.165, 1.54) is 10.4 Å². The van der Waals surface area contributed by atoms with Crippen molar-refractivity contribution >= 4 is 23.0 Å². The van der Waals surface area contributed by atoms with Crippen LogP contribution in [0.2, 0.25) is 0 Å². The molecular formula is C15H19N3O2S. The van der Waals surface area contributed by atoms with Crippen LogP contribution in [0.25, 0.3) is 0 Å². The Morgan fingerprint density at radius 2 is 2.00 bits per heavy atom. The van der Waals surface area contributed by atoms with Crippen LogP contribution in [-0.4, -0.2) is 20.2 Å². The molecular weight excluding hydrogens is 286 g/mol. The lowest BCUT2D eigenvalue weighted by Crippen LogP contribution is -2.22. The molecule has 0 radical (unpaired) electrons. The second kappa shape index (κ2) is 6.99. The molecule has 0 amide bonds. The highest BCUT2D eigenvalue weighted by molar-refractivity contribution is 7.10. The first kappa shape index (κ1) is 15.2. The number of anilines is 1. The molecule has 0 saturated carbocycles. The fraction of sp³-hybridized carbons (Fsp3) is 0.267. The Bertz CT molecular complexity index is 638. The van der Waals surface area contributed by atoms with Gasteiger partial charge >= 0.3 is 0 Å². The molecule has 21 heavy (non-hydrogen) atoms. The monoisotopic (exact) mass is 305 g/mol. The molecule has 0 spiro atoms. The van der Waals surface area contributed by atoms with Gasteiger partial charge in [0.15, 0.2) is 17.5 Å². The number of benzene rings is 1. The van der Waals surface area contributed by atoms with Crippen molar-refractivity contribution in [2.24, 2.45) is 10.7 Å². The maximum Gasteiger partial charge on any atom is 0.193 e. The number of nitrogens with one attached hydrogen (secondary N) is 1. The first-order valence-electron chi connectivity index (χ1n) is 6.45. The van der Waals surface area contributed by atoms with Crippen LogP contribution in [0.3, 0.4) is 0 Å². The summed E-state index contributed by atoms with van der Waals surface area (Å²) >= 11 is 1.68. The van der Waals surface area contributed by atoms with Crippen molar-refractivity contribution in [2.75, 3.05) is 19.5 Å². The Hall–Kier alpha value is -2.21. The third kappa shape index (κ3) is 4.13. The third-order valence-corrected chi connectivity index (χ3v) is 3.89. The van der Waals surface area contributed by atoms with Gasteiger partial charge < -0.3 is 20.5 Å². The number of hydrogen-bond donors (Lipinski definition) is 2. The smallest absolute Gasteiger partial charge is 0.193 e. The summed E-state index contributed by atoms with van der Waals surface area (Å²) in [6.07, 6.45) is 0. The SMILES string of the molecule is COc1ccc(NC(N)=NCc2cc(C)cs2)cc1OC. The summed E-state index contributed by atoms with van der Waals surface area (Å²) in [5.41, 5.74) is 7.94. The number of thiophene rings is 1. The molecule has 0 unspecified atom stereocenters. The number of rotatable bonds is 5. The van der Waals surface area contributed by atoms with Crippen LogP contribution in [0.15, 0.2) is 34.6 Å². The Balaban J connectivity index is 2.03. The van der Waals surface area contributed by atoms with Crippen molar-refractivity contribution in [1.82, 2.24) is 0 Å². The average molecular weight is 305 g/mol. The van der Waals surface area contributed by atoms with E-state index in [2.05, 4.69) is 28.7 Å². The van der Waals surface area contributed by atoms with Gasteiger partial charge in [0.2, 0.25) is 0 Å². The molecule has 3 N–H and O–H groups in total. The number of hydrogen-bond acceptors (Lipinski definition) is 4. The molecule has 2 rings (SSSR count). The van der Waals surface area contributed by atoms with Gasteiger partial charge in [0.25, 0.3) is 0 Å². The largest absolute Gasteiger partial charge is 0.493 e. The van der Waals surface area contributed by atoms with E-state index in [0.29, 0.717) is 24.0 Å². The van der Waals surface area contributed by atoms with Crippen LogP contribution >= 0.6 is 11.3 Å². The molecule has 2 aromatic rings. The average Bonchev–Trinajstić information content (AvgIpc) is 2.90. The predicted molar refractivity (Wildman–Crippen MR) is 87.6 cm³/mol. The lowest BCUT2D eigenvalue weighted by molar-refractivity contribution is 0.355. The normalized spacial score (nSPS) is 11.3. The number of aliphatic imine (C=N–C) groups is 1. The Kier molecular flexibility index (Phi) is 5.05. The molecule has 112 valence electrons. The van der Waals surface area contributed by atoms with E-state index in [4.69, 9.17) is 15.2 Å². The topological polar surface area (TPSA) is 68.9 Å². The quantitative estimate of drug-likeness (QED) is 0.658. The number of nitrogens with zero attached hydrogens (tertiary/aromatic N) is 1. The first-order chi connectivity index (χ1) is 10.1. The van der Waals surface area contributed by atoms with Gasteiger partial charge in [-0.1, -0.05) is 0 Å². The summed E-state index contributed by atoms with van der Waals surface area (Å²) in [5, 5.41) is 5.14. The zero-order valence-electron chi connectivity index (χ0n) is 12.3. The minimum Gasteiger partial charge on any atom is -0.493 e. The van der Waals surface area contributed by atoms with Gasteiger partial charge in [-0.05, 0) is 36.1 Å². The van der Waals surface area contributed by atoms with Crippen LogP contribution in [-0.2, 0) is 6.54 Å². The third-order valence-electron chi connectivity index (χ3n) is 2.85. The minimum atomic E-state index is 0.369. The number of guanidine groups is 1. The van der Waals surface area contributed by atoms with E-state index in [-0.39, 0.29) is 0 Å². The van der Waals surface area contributed by atoms with Crippen LogP contribution in [0.1, 0.15) is 10.4 Å². The molecule has 0 saturated heterocycles. The van der Waals surface area contributed by atoms with Crippen molar-refractivity contribution in [3.8, 4) is 11.5 Å². The molecule has 0 atom stereocenters. The van der Waals surface area contributed by atoms with Crippen molar-refractivity contribution in [3.63, 3.8) is 0 Å². The van der Waals surface area contributed by atoms with Gasteiger partial charge in [-0.3, -0.25) is 0 Å². The summed E-state index contributed by atoms with van der Waals surface area (Å²) in [5.74, 6) is 1.69. The number of nitrogens with two attached hydrogens (primary N) is 1. The molecule has 5 nitrogen and oxygen atoms in total. The van der Waals surface area contributed by atoms with E-state index in [1.807, 2.05) is 18.2 Å². The van der Waals surface area contributed by atoms with Crippen LogP contribution in [0.5, 0.6) is 11.5 Å². The summed E-state index contributed by atoms with van der Waals surface area (Å²) in [6, 6.07) is 7.60. The molecule has 1 heterocycles. The molecule has 1 aromatic heterocycles. The molecule has 0 aliphatic carbocycles. The maximum absolute atomic E-state index is 5.89. The Labute approximate surface area is 128 Å². The van der Waals surface area contributed by atoms with E-state index < -0.39 is 0 Å². The molecule has 0 aliphatic rings. The maximum atomic E-state index is 5.89. The zero-order valence-corrected chi connectivity index (χ0v) is 13.2. The first-order valence-corrected chi connectivity index (χ1v) is 7.33. The molecule has 6 heteroatoms. The van der Waals surface area contributed by atoms with Crippen molar-refractivity contribution < 1.29 is 9.47 Å². The summed E-state index contributed by atoms with van der Waals surface area (Å²) in [7, 11) is 3.20. The van der Waals surface area contributed by atoms with Crippen molar-refractivity contribution in [1.29, 1.82) is 0 Å². The summed E-state index contributed by atoms with van der Waals surface area (Å²) in [6.45, 7) is 2.64. The Morgan fingerprint density at radius 3 is 2.62 bits per heavy atom. The second-order valence-corrected chi connectivity index (χ2v) is 5.48. The van der Waals surface area contributed by atoms with Crippen LogP contribution in [0.4, 0.5) is 5.69 Å². The molecule has 1 aromatic carbocycles. The predicted octanol–water partition coefficient (Wildman–Crippen LogP) is 3.00. The van der Waals surface area contributed by atoms with Gasteiger partial charge in [-0.2, -0.15) is 0 Å². The number of ether oxygens (including phenoxy) is 2. The Morgan fingerprint density at radius 1 is 1.24 bits per heavy atom. The standard InChI is InChI=1S/C15H19N3O2S/c1-10-6-12(21-9-10)8-17-15(16)18-11-4-5-13(19-2)14(7-11)20-3/h4-7,9H,8H2,1-3H3,(H3,16,17,18). The van der Waals surface area contributed by atoms with E-state index in [9.17, 15) is 0 Å². The van der Waals surface area contributed by atoms with Crippen LogP contribution in [0, 0.1) is 6.92 Å². The number of aryl methyl sites for hydroxylation is 1. The molecule has 0 fully saturated rings. The summed E-state index contributed by atoms with van der Waals surface area (Å²) < 4.78 is 10.4. The van der Waals surface area contributed by atoms with Gasteiger partial charge in [0, 0.05) is 16.6 Å². The van der Waals surface area contributed by atoms with E-state index in [0.717, 1.165) is 5.69 Å². The highest BCUT2D eigenvalue weighted by atomic mass is 32.1. The lowest BCUT2D eigenvalue weighted by atomic mass is 10.3. The van der Waals surface area contributed by atoms with Crippen molar-refractivity contribution in [3.05, 3.63) is 40.1 Å². The van der Waals surface area contributed by atoms with Gasteiger partial charge in [-0.15, -0.1) is 11.3 Å². The zero-order chi connectivity index (χ0) is 15.2. The molecule has 0 aliphatic heterocycles. The van der Waals surface area contributed by atoms with Crippen molar-refractivity contribution in [2.45, 2.75) is 13.5 Å². The second-order valence-electron chi connectivity index (χ2n) is 4.49. The minimum absolute atomic E-state index is 0.369. The van der Waals surface area contributed by atoms with Crippen LogP contribution < -0.4 is 20.5 Å². The highest BCUT2D eigenvalue weighted by Gasteiger charge is 2.05. The summed E-state index contributed by atoms with van der Waals surface area (Å²) in [4.78, 5) is 5.51. The fourth-order valence-electron chi connectivity index (χ4n) is 1.84. The highest BCUT2D eigenvalue weighted by Crippen LogP contribution is 2.29. The number of methoxy groups -OCH3 is 2. The van der Waals surface area contributed by atoms with Gasteiger partial charge in [0.1, 0.15) is 0 Å². The fourth-order valence-corrected chi connectivity index (χ4v) is 2.64. The van der Waals surface area contributed by atoms with Gasteiger partial charge in [-0.25, -0.2) is 4.99 Å². The van der Waals surface area contributed by atoms with E-state index in [1.54, 1.807) is 25.6 Å².